The number of rotatable bonds is 7. The van der Waals surface area contributed by atoms with Crippen molar-refractivity contribution in [3.8, 4) is 0 Å². The van der Waals surface area contributed by atoms with Crippen molar-refractivity contribution in [3.63, 3.8) is 0 Å². The van der Waals surface area contributed by atoms with E-state index in [1.807, 2.05) is 20.2 Å². The average molecular weight is 424 g/mol. The van der Waals surface area contributed by atoms with E-state index in [-0.39, 0.29) is 6.04 Å². The Kier molecular flexibility index (Phi) is 7.89. The maximum absolute atomic E-state index is 12.2. The average Bonchev–Trinajstić information content (AvgIpc) is 2.80. The molecule has 2 aromatic carbocycles. The van der Waals surface area contributed by atoms with Gasteiger partial charge in [-0.25, -0.2) is 0 Å². The zero-order chi connectivity index (χ0) is 22.2. The van der Waals surface area contributed by atoms with E-state index in [9.17, 15) is 9.59 Å². The SMILES string of the molecule is CCNC(=O)C(=O)NC[C@H](c1ccc(N(C)C)cc1)N1CCN(c2ccccc2)CC1. The van der Waals surface area contributed by atoms with Gasteiger partial charge < -0.3 is 20.4 Å². The van der Waals surface area contributed by atoms with E-state index in [0.29, 0.717) is 13.1 Å². The third-order valence-corrected chi connectivity index (χ3v) is 5.67. The number of para-hydroxylation sites is 1. The Hall–Kier alpha value is -3.06. The summed E-state index contributed by atoms with van der Waals surface area (Å²) < 4.78 is 0. The number of hydrogen-bond acceptors (Lipinski definition) is 5. The highest BCUT2D eigenvalue weighted by molar-refractivity contribution is 6.35. The Labute approximate surface area is 185 Å². The molecule has 1 aliphatic heterocycles. The summed E-state index contributed by atoms with van der Waals surface area (Å²) in [5.41, 5.74) is 3.50. The van der Waals surface area contributed by atoms with Crippen LogP contribution in [0.3, 0.4) is 0 Å². The summed E-state index contributed by atoms with van der Waals surface area (Å²) in [5, 5.41) is 5.38. The lowest BCUT2D eigenvalue weighted by Gasteiger charge is -2.40. The number of piperazine rings is 1. The van der Waals surface area contributed by atoms with Crippen molar-refractivity contribution >= 4 is 23.2 Å². The van der Waals surface area contributed by atoms with Crippen LogP contribution in [0.5, 0.6) is 0 Å². The second kappa shape index (κ2) is 10.8. The van der Waals surface area contributed by atoms with E-state index in [0.717, 1.165) is 37.4 Å². The molecule has 166 valence electrons. The summed E-state index contributed by atoms with van der Waals surface area (Å²) in [6.07, 6.45) is 0. The van der Waals surface area contributed by atoms with Gasteiger partial charge in [0.15, 0.2) is 0 Å². The third kappa shape index (κ3) is 5.98. The zero-order valence-corrected chi connectivity index (χ0v) is 18.7. The number of anilines is 2. The molecule has 0 aromatic heterocycles. The molecule has 1 atom stereocenters. The van der Waals surface area contributed by atoms with Gasteiger partial charge in [-0.2, -0.15) is 0 Å². The predicted molar refractivity (Wildman–Crippen MR) is 125 cm³/mol. The number of carbonyl (C=O) groups excluding carboxylic acids is 2. The Morgan fingerprint density at radius 2 is 1.52 bits per heavy atom. The molecule has 0 radical (unpaired) electrons. The normalized spacial score (nSPS) is 15.3. The standard InChI is InChI=1S/C24H33N5O2/c1-4-25-23(30)24(31)26-18-22(19-10-12-20(13-11-19)27(2)3)29-16-14-28(15-17-29)21-8-6-5-7-9-21/h5-13,22H,4,14-18H2,1-3H3,(H,25,30)(H,26,31)/t22-/m1/s1. The molecule has 1 fully saturated rings. The van der Waals surface area contributed by atoms with Gasteiger partial charge >= 0.3 is 11.8 Å². The molecule has 7 heteroatoms. The molecule has 1 aliphatic rings. The van der Waals surface area contributed by atoms with Crippen LogP contribution in [0.25, 0.3) is 0 Å². The number of nitrogens with one attached hydrogen (secondary N) is 2. The smallest absolute Gasteiger partial charge is 0.309 e. The Morgan fingerprint density at radius 1 is 0.903 bits per heavy atom. The van der Waals surface area contributed by atoms with Crippen molar-refractivity contribution in [2.45, 2.75) is 13.0 Å². The third-order valence-electron chi connectivity index (χ3n) is 5.67. The van der Waals surface area contributed by atoms with Gasteiger partial charge in [-0.05, 0) is 36.8 Å². The van der Waals surface area contributed by atoms with Crippen molar-refractivity contribution in [1.82, 2.24) is 15.5 Å². The van der Waals surface area contributed by atoms with E-state index in [1.165, 1.54) is 5.69 Å². The highest BCUT2D eigenvalue weighted by Crippen LogP contribution is 2.25. The minimum atomic E-state index is -0.585. The van der Waals surface area contributed by atoms with Crippen LogP contribution in [0.2, 0.25) is 0 Å². The second-order valence-electron chi connectivity index (χ2n) is 7.93. The van der Waals surface area contributed by atoms with E-state index in [1.54, 1.807) is 6.92 Å². The van der Waals surface area contributed by atoms with Crippen LogP contribution >= 0.6 is 0 Å². The minimum Gasteiger partial charge on any atom is -0.378 e. The van der Waals surface area contributed by atoms with Gasteiger partial charge in [0, 0.05) is 64.7 Å². The summed E-state index contributed by atoms with van der Waals surface area (Å²) in [7, 11) is 4.03. The van der Waals surface area contributed by atoms with Crippen LogP contribution in [0.1, 0.15) is 18.5 Å². The van der Waals surface area contributed by atoms with Crippen LogP contribution in [-0.2, 0) is 9.59 Å². The van der Waals surface area contributed by atoms with E-state index < -0.39 is 11.8 Å². The monoisotopic (exact) mass is 423 g/mol. The molecular weight excluding hydrogens is 390 g/mol. The molecular formula is C24H33N5O2. The molecule has 31 heavy (non-hydrogen) atoms. The van der Waals surface area contributed by atoms with E-state index >= 15 is 0 Å². The highest BCUT2D eigenvalue weighted by Gasteiger charge is 2.26. The van der Waals surface area contributed by atoms with Crippen LogP contribution in [0, 0.1) is 0 Å². The van der Waals surface area contributed by atoms with Crippen LogP contribution in [0.15, 0.2) is 54.6 Å². The second-order valence-corrected chi connectivity index (χ2v) is 7.93. The molecule has 2 amide bonds. The lowest BCUT2D eigenvalue weighted by Crippen LogP contribution is -2.50. The van der Waals surface area contributed by atoms with Crippen molar-refractivity contribution < 1.29 is 9.59 Å². The first-order chi connectivity index (χ1) is 15.0. The first kappa shape index (κ1) is 22.6. The number of hydrogen-bond donors (Lipinski definition) is 2. The van der Waals surface area contributed by atoms with Crippen LogP contribution in [0.4, 0.5) is 11.4 Å². The quantitative estimate of drug-likeness (QED) is 0.666. The summed E-state index contributed by atoms with van der Waals surface area (Å²) in [6.45, 7) is 6.22. The molecule has 0 bridgehead atoms. The predicted octanol–water partition coefficient (Wildman–Crippen LogP) is 1.87. The maximum Gasteiger partial charge on any atom is 0.309 e. The molecule has 2 N–H and O–H groups in total. The summed E-state index contributed by atoms with van der Waals surface area (Å²) >= 11 is 0. The minimum absolute atomic E-state index is 0.00696. The fourth-order valence-electron chi connectivity index (χ4n) is 3.89. The molecule has 7 nitrogen and oxygen atoms in total. The zero-order valence-electron chi connectivity index (χ0n) is 18.7. The number of carbonyl (C=O) groups is 2. The molecule has 0 unspecified atom stereocenters. The largest absolute Gasteiger partial charge is 0.378 e. The molecule has 1 saturated heterocycles. The fraction of sp³-hybridized carbons (Fsp3) is 0.417. The number of nitrogens with zero attached hydrogens (tertiary/aromatic N) is 3. The van der Waals surface area contributed by atoms with E-state index in [4.69, 9.17) is 0 Å². The number of amides is 2. The molecule has 0 spiro atoms. The molecule has 0 aliphatic carbocycles. The Balaban J connectivity index is 1.71. The molecule has 3 rings (SSSR count). The lowest BCUT2D eigenvalue weighted by atomic mass is 10.0. The highest BCUT2D eigenvalue weighted by atomic mass is 16.2. The van der Waals surface area contributed by atoms with Crippen molar-refractivity contribution in [3.05, 3.63) is 60.2 Å². The van der Waals surface area contributed by atoms with Crippen molar-refractivity contribution in [2.75, 3.05) is 63.2 Å². The fourth-order valence-corrected chi connectivity index (χ4v) is 3.89. The van der Waals surface area contributed by atoms with Crippen molar-refractivity contribution in [1.29, 1.82) is 0 Å². The van der Waals surface area contributed by atoms with Gasteiger partial charge in [-0.3, -0.25) is 14.5 Å². The first-order valence-electron chi connectivity index (χ1n) is 10.9. The lowest BCUT2D eigenvalue weighted by molar-refractivity contribution is -0.139. The molecule has 0 saturated carbocycles. The van der Waals surface area contributed by atoms with Gasteiger partial charge in [0.05, 0.1) is 6.04 Å². The maximum atomic E-state index is 12.2. The van der Waals surface area contributed by atoms with Gasteiger partial charge in [0.25, 0.3) is 0 Å². The van der Waals surface area contributed by atoms with Gasteiger partial charge in [-0.15, -0.1) is 0 Å². The van der Waals surface area contributed by atoms with Crippen molar-refractivity contribution in [2.24, 2.45) is 0 Å². The van der Waals surface area contributed by atoms with Crippen LogP contribution in [-0.4, -0.2) is 70.1 Å². The summed E-state index contributed by atoms with van der Waals surface area (Å²) in [4.78, 5) is 30.9. The molecule has 1 heterocycles. The van der Waals surface area contributed by atoms with E-state index in [2.05, 4.69) is 73.9 Å². The van der Waals surface area contributed by atoms with Gasteiger partial charge in [0.2, 0.25) is 0 Å². The van der Waals surface area contributed by atoms with Gasteiger partial charge in [-0.1, -0.05) is 30.3 Å². The van der Waals surface area contributed by atoms with Gasteiger partial charge in [0.1, 0.15) is 0 Å². The molecule has 2 aromatic rings. The summed E-state index contributed by atoms with van der Waals surface area (Å²) in [6, 6.07) is 18.9. The Morgan fingerprint density at radius 3 is 2.10 bits per heavy atom. The first-order valence-corrected chi connectivity index (χ1v) is 10.9. The Bertz CT molecular complexity index is 846. The topological polar surface area (TPSA) is 67.9 Å². The number of likely N-dealkylation sites (N-methyl/N-ethyl adjacent to an activating group) is 1. The van der Waals surface area contributed by atoms with Crippen LogP contribution < -0.4 is 20.4 Å². The summed E-state index contributed by atoms with van der Waals surface area (Å²) in [5.74, 6) is -1.17. The number of benzene rings is 2.